The summed E-state index contributed by atoms with van der Waals surface area (Å²) < 4.78 is 36.8. The van der Waals surface area contributed by atoms with E-state index in [4.69, 9.17) is 25.8 Å². The third-order valence-corrected chi connectivity index (χ3v) is 11.9. The van der Waals surface area contributed by atoms with Gasteiger partial charge in [0.1, 0.15) is 22.3 Å². The molecule has 286 valence electrons. The van der Waals surface area contributed by atoms with Crippen LogP contribution in [0.15, 0.2) is 162 Å². The Labute approximate surface area is 342 Å². The molecule has 0 saturated carbocycles. The van der Waals surface area contributed by atoms with Crippen molar-refractivity contribution in [2.45, 2.75) is 39.9 Å². The topological polar surface area (TPSA) is 71.0 Å². The Morgan fingerprint density at radius 3 is 0.821 bits per heavy atom. The minimum atomic E-state index is -1.52. The van der Waals surface area contributed by atoms with Gasteiger partial charge in [0.15, 0.2) is 0 Å². The second-order valence-corrected chi connectivity index (χ2v) is 15.8. The minimum Gasteiger partial charge on any atom is -1.00 e. The van der Waals surface area contributed by atoms with Crippen molar-refractivity contribution in [2.24, 2.45) is 0 Å². The molecule has 0 aliphatic rings. The number of rotatable bonds is 4. The monoisotopic (exact) mass is 846 g/mol. The van der Waals surface area contributed by atoms with E-state index in [-0.39, 0.29) is 41.7 Å². The van der Waals surface area contributed by atoms with E-state index in [2.05, 4.69) is 121 Å². The van der Waals surface area contributed by atoms with E-state index in [0.29, 0.717) is 0 Å². The van der Waals surface area contributed by atoms with Crippen molar-refractivity contribution < 1.29 is 55.3 Å². The Hall–Kier alpha value is -4.67. The number of hydrogen-bond donors (Lipinski definition) is 0. The van der Waals surface area contributed by atoms with Crippen LogP contribution < -0.4 is 21.5 Å². The molecule has 2 aromatic heterocycles. The number of benzene rings is 8. The zero-order chi connectivity index (χ0) is 36.8. The van der Waals surface area contributed by atoms with Gasteiger partial charge in [-0.2, -0.15) is 0 Å². The SMILES string of the molecule is CC(C)Op1oc2ccc3ccccc3c2c2c(ccc3ccccc32)o1.CC(C)Op1oc2ccc3ccccc3c2c2c(ccc3ccccc32)o1.[Cl-].[Cu+]. The van der Waals surface area contributed by atoms with Crippen molar-refractivity contribution in [3.8, 4) is 0 Å². The van der Waals surface area contributed by atoms with Gasteiger partial charge in [-0.15, -0.1) is 0 Å². The van der Waals surface area contributed by atoms with Gasteiger partial charge in [-0.3, -0.25) is 9.05 Å². The van der Waals surface area contributed by atoms with Crippen LogP contribution in [-0.2, 0) is 17.1 Å². The van der Waals surface area contributed by atoms with Crippen LogP contribution in [0, 0.1) is 0 Å². The van der Waals surface area contributed by atoms with E-state index in [1.54, 1.807) is 0 Å². The molecule has 0 radical (unpaired) electrons. The first-order valence-electron chi connectivity index (χ1n) is 18.1. The van der Waals surface area contributed by atoms with Crippen molar-refractivity contribution in [1.29, 1.82) is 0 Å². The van der Waals surface area contributed by atoms with Gasteiger partial charge in [0.05, 0.1) is 12.2 Å². The summed E-state index contributed by atoms with van der Waals surface area (Å²) in [5.41, 5.74) is 3.21. The summed E-state index contributed by atoms with van der Waals surface area (Å²) in [6, 6.07) is 50.0. The van der Waals surface area contributed by atoms with Crippen LogP contribution in [0.2, 0.25) is 0 Å². The molecular weight excluding hydrogens is 809 g/mol. The van der Waals surface area contributed by atoms with Gasteiger partial charge in [-0.1, -0.05) is 121 Å². The Morgan fingerprint density at radius 1 is 0.357 bits per heavy atom. The summed E-state index contributed by atoms with van der Waals surface area (Å²) >= 11 is 0. The second-order valence-electron chi connectivity index (χ2n) is 13.8. The number of fused-ring (bicyclic) bond motifs is 14. The van der Waals surface area contributed by atoms with E-state index in [0.717, 1.165) is 65.4 Å². The Kier molecular flexibility index (Phi) is 11.9. The Morgan fingerprint density at radius 2 is 0.589 bits per heavy atom. The van der Waals surface area contributed by atoms with Gasteiger partial charge >= 0.3 is 33.5 Å². The van der Waals surface area contributed by atoms with Crippen LogP contribution in [0.25, 0.3) is 87.0 Å². The standard InChI is InChI=1S/2C23H19O3P.ClH.Cu/c2*1-15(2)24-27-25-20-13-11-16-7-3-5-9-18(16)22(20)23-19-10-6-4-8-17(19)12-14-21(23)26-27;;/h2*3-15H,1-2H3;1H;/q;;;+1/p-1. The molecule has 10 heteroatoms. The average molecular weight is 848 g/mol. The molecule has 0 aliphatic carbocycles. The molecule has 0 amide bonds. The normalized spacial score (nSPS) is 11.4. The van der Waals surface area contributed by atoms with Crippen LogP contribution in [0.3, 0.4) is 0 Å². The fourth-order valence-corrected chi connectivity index (χ4v) is 9.32. The molecule has 0 spiro atoms. The molecule has 2 heterocycles. The maximum absolute atomic E-state index is 6.23. The second kappa shape index (κ2) is 16.8. The summed E-state index contributed by atoms with van der Waals surface area (Å²) in [7, 11) is -3.04. The predicted octanol–water partition coefficient (Wildman–Crippen LogP) is 11.9. The third kappa shape index (κ3) is 7.58. The molecule has 0 aliphatic heterocycles. The molecule has 8 aromatic carbocycles. The molecule has 0 atom stereocenters. The van der Waals surface area contributed by atoms with Crippen LogP contribution in [0.4, 0.5) is 0 Å². The zero-order valence-electron chi connectivity index (χ0n) is 31.0. The quantitative estimate of drug-likeness (QED) is 0.164. The third-order valence-electron chi connectivity index (χ3n) is 9.35. The van der Waals surface area contributed by atoms with Gasteiger partial charge in [-0.05, 0) is 95.1 Å². The molecule has 0 unspecified atom stereocenters. The van der Waals surface area contributed by atoms with E-state index < -0.39 is 16.5 Å². The fourth-order valence-electron chi connectivity index (χ4n) is 7.13. The maximum Gasteiger partial charge on any atom is 1.00 e. The summed E-state index contributed by atoms with van der Waals surface area (Å²) in [6.07, 6.45) is 0.0315. The van der Waals surface area contributed by atoms with Gasteiger partial charge in [0.25, 0.3) is 0 Å². The summed E-state index contributed by atoms with van der Waals surface area (Å²) in [5, 5.41) is 13.6. The first-order valence-corrected chi connectivity index (χ1v) is 20.3. The van der Waals surface area contributed by atoms with Crippen LogP contribution >= 0.6 is 16.5 Å². The van der Waals surface area contributed by atoms with Crippen molar-refractivity contribution in [3.63, 3.8) is 0 Å². The zero-order valence-corrected chi connectivity index (χ0v) is 34.5. The molecular formula is C46H38ClCuO6P2. The molecule has 0 saturated heterocycles. The molecule has 6 nitrogen and oxygen atoms in total. The molecule has 10 rings (SSSR count). The smallest absolute Gasteiger partial charge is 1.00 e. The van der Waals surface area contributed by atoms with Gasteiger partial charge in [0.2, 0.25) is 0 Å². The van der Waals surface area contributed by atoms with Crippen LogP contribution in [0.5, 0.6) is 0 Å². The molecule has 0 N–H and O–H groups in total. The van der Waals surface area contributed by atoms with Gasteiger partial charge < -0.3 is 29.2 Å². The Bertz CT molecular complexity index is 2700. The van der Waals surface area contributed by atoms with Gasteiger partial charge in [-0.25, -0.2) is 0 Å². The number of halogens is 1. The van der Waals surface area contributed by atoms with E-state index in [1.807, 2.05) is 52.0 Å². The van der Waals surface area contributed by atoms with E-state index in [9.17, 15) is 0 Å². The minimum absolute atomic E-state index is 0. The van der Waals surface area contributed by atoms with Gasteiger partial charge in [0, 0.05) is 21.5 Å². The average Bonchev–Trinajstić information content (AvgIpc) is 3.45. The molecule has 0 bridgehead atoms. The van der Waals surface area contributed by atoms with Crippen LogP contribution in [0.1, 0.15) is 27.7 Å². The maximum atomic E-state index is 6.23. The summed E-state index contributed by atoms with van der Waals surface area (Å²) in [5.74, 6) is 0. The largest absolute Gasteiger partial charge is 1.00 e. The summed E-state index contributed by atoms with van der Waals surface area (Å²) in [4.78, 5) is 0. The Balaban J connectivity index is 0.000000166. The summed E-state index contributed by atoms with van der Waals surface area (Å²) in [6.45, 7) is 7.95. The van der Waals surface area contributed by atoms with Crippen molar-refractivity contribution in [3.05, 3.63) is 146 Å². The molecule has 0 fully saturated rings. The predicted molar refractivity (Wildman–Crippen MR) is 226 cm³/mol. The van der Waals surface area contributed by atoms with E-state index in [1.165, 1.54) is 21.5 Å². The molecule has 56 heavy (non-hydrogen) atoms. The van der Waals surface area contributed by atoms with Crippen LogP contribution in [-0.4, -0.2) is 12.2 Å². The van der Waals surface area contributed by atoms with E-state index >= 15 is 0 Å². The fraction of sp³-hybridized carbons (Fsp3) is 0.130. The first kappa shape index (κ1) is 39.6. The molecule has 10 aromatic rings. The first-order chi connectivity index (χ1) is 26.4. The van der Waals surface area contributed by atoms with Crippen molar-refractivity contribution in [1.82, 2.24) is 0 Å². The van der Waals surface area contributed by atoms with Crippen molar-refractivity contribution in [2.75, 3.05) is 0 Å². The van der Waals surface area contributed by atoms with Crippen molar-refractivity contribution >= 4 is 103 Å². The number of hydrogen-bond acceptors (Lipinski definition) is 6.